The van der Waals surface area contributed by atoms with E-state index in [1.165, 1.54) is 116 Å². The van der Waals surface area contributed by atoms with Crippen LogP contribution in [0.25, 0.3) is 0 Å². The van der Waals surface area contributed by atoms with E-state index >= 15 is 4.48 Å². The lowest BCUT2D eigenvalue weighted by Gasteiger charge is -2.27. The number of fused-ring (bicyclic) bond motifs is 1. The molecular formula is C60H107FN4O7S. The highest BCUT2D eigenvalue weighted by atomic mass is 32.1. The normalized spacial score (nSPS) is 12.5. The Bertz CT molecular complexity index is 1590. The van der Waals surface area contributed by atoms with Crippen molar-refractivity contribution < 1.29 is 37.9 Å². The van der Waals surface area contributed by atoms with Crippen molar-refractivity contribution >= 4 is 46.0 Å². The molecule has 11 nitrogen and oxygen atoms in total. The van der Waals surface area contributed by atoms with E-state index in [1.54, 1.807) is 4.90 Å². The highest BCUT2D eigenvalue weighted by molar-refractivity contribution is 7.17. The summed E-state index contributed by atoms with van der Waals surface area (Å²) < 4.78 is 28.0. The Labute approximate surface area is 448 Å². The molecule has 2 rings (SSSR count). The van der Waals surface area contributed by atoms with Crippen LogP contribution < -0.4 is 10.4 Å². The maximum atomic E-state index is 16.2. The quantitative estimate of drug-likeness (QED) is 0.0389. The second-order valence-corrected chi connectivity index (χ2v) is 22.6. The molecule has 0 fully saturated rings. The van der Waals surface area contributed by atoms with Crippen molar-refractivity contribution in [1.29, 1.82) is 0 Å². The number of nitrogens with one attached hydrogen (secondary N) is 1. The van der Waals surface area contributed by atoms with Gasteiger partial charge in [-0.15, -0.1) is 16.5 Å². The molecule has 0 unspecified atom stereocenters. The van der Waals surface area contributed by atoms with Gasteiger partial charge in [0.05, 0.1) is 24.6 Å². The zero-order chi connectivity index (χ0) is 53.3. The van der Waals surface area contributed by atoms with Gasteiger partial charge in [0.15, 0.2) is 0 Å². The van der Waals surface area contributed by atoms with Gasteiger partial charge in [0, 0.05) is 37.2 Å². The van der Waals surface area contributed by atoms with E-state index in [1.807, 2.05) is 19.0 Å². The topological polar surface area (TPSA) is 126 Å². The molecule has 0 aliphatic carbocycles. The molecule has 0 aromatic carbocycles. The van der Waals surface area contributed by atoms with Crippen molar-refractivity contribution in [3.8, 4) is 0 Å². The molecule has 3 amide bonds. The third kappa shape index (κ3) is 30.3. The fourth-order valence-corrected chi connectivity index (χ4v) is 11.2. The van der Waals surface area contributed by atoms with Crippen LogP contribution in [0.1, 0.15) is 286 Å². The summed E-state index contributed by atoms with van der Waals surface area (Å²) in [5.41, 5.74) is 0.873. The predicted octanol–water partition coefficient (Wildman–Crippen LogP) is 15.7. The Morgan fingerprint density at radius 3 is 1.66 bits per heavy atom. The number of unbranched alkanes of at least 4 members (excludes halogenated alkanes) is 23. The van der Waals surface area contributed by atoms with Gasteiger partial charge < -0.3 is 24.6 Å². The van der Waals surface area contributed by atoms with Gasteiger partial charge in [0.2, 0.25) is 5.91 Å². The molecule has 0 saturated heterocycles. The Kier molecular flexibility index (Phi) is 39.0. The van der Waals surface area contributed by atoms with Gasteiger partial charge in [-0.3, -0.25) is 24.0 Å². The minimum absolute atomic E-state index is 0.0325. The Morgan fingerprint density at radius 2 is 1.11 bits per heavy atom. The van der Waals surface area contributed by atoms with Crippen LogP contribution in [0.5, 0.6) is 0 Å². The zero-order valence-electron chi connectivity index (χ0n) is 47.5. The van der Waals surface area contributed by atoms with Gasteiger partial charge in [-0.25, -0.2) is 0 Å². The third-order valence-corrected chi connectivity index (χ3v) is 15.8. The lowest BCUT2D eigenvalue weighted by Crippen LogP contribution is -2.36. The number of ether oxygens (including phenoxy) is 2. The summed E-state index contributed by atoms with van der Waals surface area (Å²) in [4.78, 5) is 71.4. The number of hydrogen-bond donors (Lipinski definition) is 1. The summed E-state index contributed by atoms with van der Waals surface area (Å²) in [7, 11) is 3.93. The van der Waals surface area contributed by atoms with Crippen LogP contribution in [0.2, 0.25) is 0 Å². The molecule has 13 heteroatoms. The zero-order valence-corrected chi connectivity index (χ0v) is 48.4. The first-order valence-corrected chi connectivity index (χ1v) is 31.0. The number of carbonyl (C=O) groups excluding carboxylic acids is 5. The van der Waals surface area contributed by atoms with Crippen molar-refractivity contribution in [2.45, 2.75) is 284 Å². The molecule has 0 atom stereocenters. The summed E-state index contributed by atoms with van der Waals surface area (Å²) in [5.74, 6) is -1.54. The number of carbonyl (C=O) groups is 5. The van der Waals surface area contributed by atoms with E-state index in [0.717, 1.165) is 82.1 Å². The smallest absolute Gasteiger partial charge is 0.308 e. The van der Waals surface area contributed by atoms with Crippen LogP contribution in [0.3, 0.4) is 0 Å². The fourth-order valence-electron chi connectivity index (χ4n) is 9.95. The van der Waals surface area contributed by atoms with E-state index in [0.29, 0.717) is 68.5 Å². The number of nitrogens with zero attached hydrogens (tertiary/aromatic N) is 3. The summed E-state index contributed by atoms with van der Waals surface area (Å²) in [6, 6.07) is 0. The van der Waals surface area contributed by atoms with Gasteiger partial charge in [-0.2, -0.15) is 0 Å². The Morgan fingerprint density at radius 1 is 0.616 bits per heavy atom. The van der Waals surface area contributed by atoms with Crippen LogP contribution in [-0.4, -0.2) is 85.9 Å². The fraction of sp³-hybridized carbons (Fsp3) is 0.850. The number of anilines is 1. The van der Waals surface area contributed by atoms with Gasteiger partial charge in [0.1, 0.15) is 11.1 Å². The van der Waals surface area contributed by atoms with E-state index < -0.39 is 11.8 Å². The van der Waals surface area contributed by atoms with Crippen LogP contribution in [0, 0.1) is 5.92 Å². The van der Waals surface area contributed by atoms with E-state index in [4.69, 9.17) is 9.47 Å². The number of amides is 3. The van der Waals surface area contributed by atoms with Crippen LogP contribution in [-0.2, 0) is 41.6 Å². The molecule has 0 bridgehead atoms. The molecule has 0 spiro atoms. The minimum Gasteiger partial charge on any atom is -0.465 e. The molecule has 1 aromatic heterocycles. The lowest BCUT2D eigenvalue weighted by molar-refractivity contribution is -0.150. The predicted molar refractivity (Wildman–Crippen MR) is 301 cm³/mol. The second kappa shape index (κ2) is 43.1. The molecule has 0 radical (unpaired) electrons. The van der Waals surface area contributed by atoms with Crippen molar-refractivity contribution in [3.63, 3.8) is 0 Å². The standard InChI is InChI=1S/C60H107FN4O7S/c1-7-11-15-19-23-28-37-50(38-29-24-20-16-12-8-2)60(70)71-48-35-27-32-42-55(67)65(61)59-57(58(69)62-45-36-46-63(5)6)52-44-47-64(49-53(52)73-59)54(66)41-33-34-43-56(68)72-51(39-30-25-21-17-13-9-3)40-31-26-22-18-14-10-4/h50-51H,7-49H2,1-6H3,(H,62,69). The van der Waals surface area contributed by atoms with Crippen molar-refractivity contribution in [1.82, 2.24) is 15.1 Å². The third-order valence-electron chi connectivity index (χ3n) is 14.6. The Balaban J connectivity index is 1.95. The maximum Gasteiger partial charge on any atom is 0.308 e. The average Bonchev–Trinajstić information content (AvgIpc) is 3.77. The number of hydrogen-bond acceptors (Lipinski definition) is 9. The summed E-state index contributed by atoms with van der Waals surface area (Å²) in [6.07, 6.45) is 36.6. The molecule has 422 valence electrons. The summed E-state index contributed by atoms with van der Waals surface area (Å²) in [5, 5.41) is 3.06. The number of esters is 2. The second-order valence-electron chi connectivity index (χ2n) is 21.6. The average molecular weight is 1050 g/mol. The first kappa shape index (κ1) is 66.1. The molecule has 2 heterocycles. The summed E-state index contributed by atoms with van der Waals surface area (Å²) in [6.45, 7) is 11.0. The van der Waals surface area contributed by atoms with Gasteiger partial charge >= 0.3 is 11.9 Å². The molecule has 1 aliphatic heterocycles. The van der Waals surface area contributed by atoms with Gasteiger partial charge in [0.25, 0.3) is 11.8 Å². The van der Waals surface area contributed by atoms with Gasteiger partial charge in [-0.1, -0.05) is 173 Å². The van der Waals surface area contributed by atoms with E-state index in [-0.39, 0.29) is 78.0 Å². The highest BCUT2D eigenvalue weighted by Gasteiger charge is 2.34. The van der Waals surface area contributed by atoms with Crippen molar-refractivity contribution in [3.05, 3.63) is 16.0 Å². The molecular weight excluding hydrogens is 940 g/mol. The first-order valence-electron chi connectivity index (χ1n) is 30.2. The van der Waals surface area contributed by atoms with Crippen LogP contribution in [0.4, 0.5) is 9.48 Å². The van der Waals surface area contributed by atoms with E-state index in [2.05, 4.69) is 33.0 Å². The van der Waals surface area contributed by atoms with Crippen molar-refractivity contribution in [2.75, 3.05) is 45.5 Å². The molecule has 1 aromatic rings. The first-order chi connectivity index (χ1) is 35.5. The largest absolute Gasteiger partial charge is 0.465 e. The lowest BCUT2D eigenvalue weighted by atomic mass is 9.94. The molecule has 1 N–H and O–H groups in total. The Hall–Kier alpha value is -3.06. The van der Waals surface area contributed by atoms with E-state index in [9.17, 15) is 24.0 Å². The highest BCUT2D eigenvalue weighted by Crippen LogP contribution is 2.40. The summed E-state index contributed by atoms with van der Waals surface area (Å²) >= 11 is 1.07. The molecule has 1 aliphatic rings. The monoisotopic (exact) mass is 1050 g/mol. The number of halogens is 1. The number of thiophene rings is 1. The van der Waals surface area contributed by atoms with Crippen LogP contribution >= 0.6 is 11.3 Å². The van der Waals surface area contributed by atoms with Crippen LogP contribution in [0.15, 0.2) is 0 Å². The molecule has 0 saturated carbocycles. The minimum atomic E-state index is -0.724. The van der Waals surface area contributed by atoms with Gasteiger partial charge in [-0.05, 0) is 110 Å². The SMILES string of the molecule is CCCCCCCCC(CCCCCCCC)OC(=O)CCCCC(=O)N1CCc2c(sc(N(F)C(=O)CCCCCOC(=O)C(CCCCCCCC)CCCCCCCC)c2C(=O)NCCCN(C)C)C1. The molecule has 73 heavy (non-hydrogen) atoms. The van der Waals surface area contributed by atoms with Crippen molar-refractivity contribution in [2.24, 2.45) is 5.92 Å². The maximum absolute atomic E-state index is 16.2. The number of rotatable bonds is 47.